The van der Waals surface area contributed by atoms with E-state index in [0.29, 0.717) is 29.8 Å². The number of oxazole rings is 1. The third kappa shape index (κ3) is 2.67. The topological polar surface area (TPSA) is 92.9 Å². The number of aromatic nitrogens is 3. The summed E-state index contributed by atoms with van der Waals surface area (Å²) >= 11 is 0. The van der Waals surface area contributed by atoms with Crippen LogP contribution in [-0.2, 0) is 11.3 Å². The van der Waals surface area contributed by atoms with Gasteiger partial charge >= 0.3 is 5.76 Å². The molecule has 4 rings (SSSR count). The van der Waals surface area contributed by atoms with Gasteiger partial charge in [-0.3, -0.25) is 9.78 Å². The highest BCUT2D eigenvalue weighted by molar-refractivity contribution is 5.92. The minimum absolute atomic E-state index is 0.113. The Morgan fingerprint density at radius 1 is 1.25 bits per heavy atom. The summed E-state index contributed by atoms with van der Waals surface area (Å²) in [6.45, 7) is 0.539. The molecule has 4 aromatic rings. The highest BCUT2D eigenvalue weighted by Gasteiger charge is 2.07. The lowest BCUT2D eigenvalue weighted by Crippen LogP contribution is -2.14. The lowest BCUT2D eigenvalue weighted by molar-refractivity contribution is -0.116. The Kier molecular flexibility index (Phi) is 3.38. The largest absolute Gasteiger partial charge is 0.417 e. The predicted octanol–water partition coefficient (Wildman–Crippen LogP) is 2.50. The van der Waals surface area contributed by atoms with E-state index in [1.165, 1.54) is 0 Å². The van der Waals surface area contributed by atoms with Gasteiger partial charge in [0.1, 0.15) is 0 Å². The molecule has 2 N–H and O–H groups in total. The smallest absolute Gasteiger partial charge is 0.408 e. The number of carbonyl (C=O) groups excluding carboxylic acids is 1. The molecule has 0 aliphatic heterocycles. The summed E-state index contributed by atoms with van der Waals surface area (Å²) in [5.41, 5.74) is 3.54. The van der Waals surface area contributed by atoms with E-state index in [2.05, 4.69) is 15.3 Å². The third-order valence-corrected chi connectivity index (χ3v) is 3.81. The molecule has 0 spiro atoms. The first-order chi connectivity index (χ1) is 11.7. The number of aryl methyl sites for hydroxylation is 1. The van der Waals surface area contributed by atoms with Gasteiger partial charge in [0.05, 0.1) is 22.9 Å². The third-order valence-electron chi connectivity index (χ3n) is 3.81. The lowest BCUT2D eigenvalue weighted by atomic mass is 10.2. The zero-order chi connectivity index (χ0) is 16.5. The Bertz CT molecular complexity index is 1090. The van der Waals surface area contributed by atoms with Crippen LogP contribution in [-0.4, -0.2) is 20.4 Å². The van der Waals surface area contributed by atoms with Crippen LogP contribution in [0.5, 0.6) is 0 Å². The summed E-state index contributed by atoms with van der Waals surface area (Å²) in [7, 11) is 0. The van der Waals surface area contributed by atoms with Crippen molar-refractivity contribution in [3.8, 4) is 0 Å². The molecule has 2 heterocycles. The Morgan fingerprint density at radius 3 is 3.04 bits per heavy atom. The molecular formula is C17H14N4O3. The van der Waals surface area contributed by atoms with Gasteiger partial charge in [-0.1, -0.05) is 12.1 Å². The number of fused-ring (bicyclic) bond motifs is 2. The van der Waals surface area contributed by atoms with Gasteiger partial charge in [-0.25, -0.2) is 9.78 Å². The Labute approximate surface area is 135 Å². The average Bonchev–Trinajstić information content (AvgIpc) is 3.15. The first-order valence-corrected chi connectivity index (χ1v) is 7.52. The molecular weight excluding hydrogens is 308 g/mol. The molecule has 0 aliphatic rings. The van der Waals surface area contributed by atoms with Crippen LogP contribution in [0.1, 0.15) is 6.42 Å². The standard InChI is InChI=1S/C17H14N4O3/c22-16(7-8-21-10-18-12-3-1-2-4-14(12)21)19-11-5-6-15-13(9-11)20-17(23)24-15/h1-6,9-10H,7-8H2,(H,19,22)(H,20,23). The fraction of sp³-hybridized carbons (Fsp3) is 0.118. The minimum atomic E-state index is -0.513. The van der Waals surface area contributed by atoms with Crippen LogP contribution in [0.2, 0.25) is 0 Å². The molecule has 0 atom stereocenters. The first kappa shape index (κ1) is 14.3. The number of hydrogen-bond donors (Lipinski definition) is 2. The van der Waals surface area contributed by atoms with Crippen molar-refractivity contribution in [2.45, 2.75) is 13.0 Å². The van der Waals surface area contributed by atoms with Gasteiger partial charge in [0, 0.05) is 18.7 Å². The summed E-state index contributed by atoms with van der Waals surface area (Å²) in [5, 5.41) is 2.82. The molecule has 2 aromatic carbocycles. The van der Waals surface area contributed by atoms with Crippen LogP contribution in [0.4, 0.5) is 5.69 Å². The number of imidazole rings is 1. The van der Waals surface area contributed by atoms with E-state index in [9.17, 15) is 9.59 Å². The van der Waals surface area contributed by atoms with E-state index >= 15 is 0 Å². The molecule has 0 saturated carbocycles. The molecule has 120 valence electrons. The van der Waals surface area contributed by atoms with E-state index in [1.54, 1.807) is 24.5 Å². The molecule has 1 amide bonds. The number of hydrogen-bond acceptors (Lipinski definition) is 4. The zero-order valence-electron chi connectivity index (χ0n) is 12.7. The van der Waals surface area contributed by atoms with Crippen molar-refractivity contribution < 1.29 is 9.21 Å². The van der Waals surface area contributed by atoms with Crippen LogP contribution >= 0.6 is 0 Å². The van der Waals surface area contributed by atoms with E-state index in [4.69, 9.17) is 4.42 Å². The number of amides is 1. The van der Waals surface area contributed by atoms with Crippen molar-refractivity contribution in [2.24, 2.45) is 0 Å². The monoisotopic (exact) mass is 322 g/mol. The molecule has 0 aliphatic carbocycles. The Balaban J connectivity index is 1.45. The summed E-state index contributed by atoms with van der Waals surface area (Å²) in [5.74, 6) is -0.626. The van der Waals surface area contributed by atoms with Crippen LogP contribution in [0.25, 0.3) is 22.1 Å². The molecule has 0 saturated heterocycles. The molecule has 2 aromatic heterocycles. The molecule has 7 nitrogen and oxygen atoms in total. The van der Waals surface area contributed by atoms with Gasteiger partial charge in [0.15, 0.2) is 5.58 Å². The van der Waals surface area contributed by atoms with Gasteiger partial charge in [-0.15, -0.1) is 0 Å². The van der Waals surface area contributed by atoms with Gasteiger partial charge < -0.3 is 14.3 Å². The van der Waals surface area contributed by atoms with Crippen molar-refractivity contribution in [2.75, 3.05) is 5.32 Å². The molecule has 0 radical (unpaired) electrons. The van der Waals surface area contributed by atoms with Crippen molar-refractivity contribution in [1.29, 1.82) is 0 Å². The average molecular weight is 322 g/mol. The molecule has 24 heavy (non-hydrogen) atoms. The molecule has 7 heteroatoms. The fourth-order valence-electron chi connectivity index (χ4n) is 2.66. The second-order valence-electron chi connectivity index (χ2n) is 5.45. The lowest BCUT2D eigenvalue weighted by Gasteiger charge is -2.06. The summed E-state index contributed by atoms with van der Waals surface area (Å²) < 4.78 is 6.88. The summed E-state index contributed by atoms with van der Waals surface area (Å²) in [6.07, 6.45) is 2.06. The normalized spacial score (nSPS) is 11.2. The van der Waals surface area contributed by atoms with Gasteiger partial charge in [-0.05, 0) is 30.3 Å². The number of para-hydroxylation sites is 2. The quantitative estimate of drug-likeness (QED) is 0.604. The van der Waals surface area contributed by atoms with Crippen molar-refractivity contribution in [1.82, 2.24) is 14.5 Å². The number of nitrogens with zero attached hydrogens (tertiary/aromatic N) is 2. The van der Waals surface area contributed by atoms with Gasteiger partial charge in [0.2, 0.25) is 5.91 Å². The highest BCUT2D eigenvalue weighted by atomic mass is 16.4. The number of benzene rings is 2. The maximum atomic E-state index is 12.1. The number of nitrogens with one attached hydrogen (secondary N) is 2. The van der Waals surface area contributed by atoms with E-state index in [-0.39, 0.29) is 5.91 Å². The SMILES string of the molecule is O=C(CCn1cnc2ccccc21)Nc1ccc2oc(=O)[nH]c2c1. The number of rotatable bonds is 4. The van der Waals surface area contributed by atoms with Gasteiger partial charge in [-0.2, -0.15) is 0 Å². The van der Waals surface area contributed by atoms with Crippen molar-refractivity contribution in [3.63, 3.8) is 0 Å². The maximum absolute atomic E-state index is 12.1. The van der Waals surface area contributed by atoms with Crippen LogP contribution in [0, 0.1) is 0 Å². The molecule has 0 fully saturated rings. The maximum Gasteiger partial charge on any atom is 0.417 e. The fourth-order valence-corrected chi connectivity index (χ4v) is 2.66. The molecule has 0 unspecified atom stereocenters. The second-order valence-corrected chi connectivity index (χ2v) is 5.45. The Hall–Kier alpha value is -3.35. The first-order valence-electron chi connectivity index (χ1n) is 7.52. The molecule has 0 bridgehead atoms. The Morgan fingerprint density at radius 2 is 2.12 bits per heavy atom. The minimum Gasteiger partial charge on any atom is -0.408 e. The van der Waals surface area contributed by atoms with E-state index in [0.717, 1.165) is 11.0 Å². The van der Waals surface area contributed by atoms with Crippen LogP contribution < -0.4 is 11.1 Å². The number of carbonyl (C=O) groups is 1. The second kappa shape index (κ2) is 5.69. The van der Waals surface area contributed by atoms with Gasteiger partial charge in [0.25, 0.3) is 0 Å². The highest BCUT2D eigenvalue weighted by Crippen LogP contribution is 2.17. The van der Waals surface area contributed by atoms with Crippen molar-refractivity contribution >= 4 is 33.7 Å². The van der Waals surface area contributed by atoms with Crippen LogP contribution in [0.15, 0.2) is 58.0 Å². The summed E-state index contributed by atoms with van der Waals surface area (Å²) in [6, 6.07) is 12.8. The van der Waals surface area contributed by atoms with Crippen LogP contribution in [0.3, 0.4) is 0 Å². The number of anilines is 1. The number of H-pyrrole nitrogens is 1. The van der Waals surface area contributed by atoms with E-state index < -0.39 is 5.76 Å². The van der Waals surface area contributed by atoms with E-state index in [1.807, 2.05) is 28.8 Å². The number of aromatic amines is 1. The van der Waals surface area contributed by atoms with Crippen molar-refractivity contribution in [3.05, 3.63) is 59.3 Å². The predicted molar refractivity (Wildman–Crippen MR) is 89.8 cm³/mol. The summed E-state index contributed by atoms with van der Waals surface area (Å²) in [4.78, 5) is 30.2. The zero-order valence-corrected chi connectivity index (χ0v) is 12.7.